The van der Waals surface area contributed by atoms with Gasteiger partial charge in [-0.1, -0.05) is 19.9 Å². The number of urea groups is 1. The molecule has 3 heterocycles. The zero-order valence-electron chi connectivity index (χ0n) is 18.9. The summed E-state index contributed by atoms with van der Waals surface area (Å²) < 4.78 is 2.35. The molecule has 2 aromatic heterocycles. The molecule has 4 nitrogen and oxygen atoms in total. The van der Waals surface area contributed by atoms with Crippen LogP contribution in [0.15, 0.2) is 36.5 Å². The minimum Gasteiger partial charge on any atom is -0.311 e. The van der Waals surface area contributed by atoms with Crippen LogP contribution in [0.25, 0.3) is 5.00 Å². The van der Waals surface area contributed by atoms with E-state index in [-0.39, 0.29) is 12.1 Å². The molecule has 1 N–H and O–H groups in total. The maximum atomic E-state index is 13.7. The van der Waals surface area contributed by atoms with E-state index in [4.69, 9.17) is 0 Å². The summed E-state index contributed by atoms with van der Waals surface area (Å²) >= 11 is 1.94. The van der Waals surface area contributed by atoms with Crippen LogP contribution in [0.1, 0.15) is 65.6 Å². The van der Waals surface area contributed by atoms with Gasteiger partial charge in [-0.15, -0.1) is 11.3 Å². The summed E-state index contributed by atoms with van der Waals surface area (Å²) in [7, 11) is 0. The number of aryl methyl sites for hydroxylation is 3. The molecule has 0 bridgehead atoms. The SMILES string of the molecule is Cc1ccc(NC(=O)N2Cc3c(sc4c3CCCC4)-n3cccc3[C@@H]2C(C)C)cc1C. The first-order valence-electron chi connectivity index (χ1n) is 11.4. The number of anilines is 1. The summed E-state index contributed by atoms with van der Waals surface area (Å²) in [6.45, 7) is 9.29. The van der Waals surface area contributed by atoms with Crippen LogP contribution in [0.4, 0.5) is 10.5 Å². The highest BCUT2D eigenvalue weighted by Gasteiger charge is 2.36. The maximum absolute atomic E-state index is 13.7. The van der Waals surface area contributed by atoms with Crippen molar-refractivity contribution in [2.75, 3.05) is 5.32 Å². The van der Waals surface area contributed by atoms with E-state index in [0.29, 0.717) is 12.5 Å². The molecule has 1 aliphatic heterocycles. The van der Waals surface area contributed by atoms with Crippen molar-refractivity contribution in [3.8, 4) is 5.00 Å². The van der Waals surface area contributed by atoms with Crippen molar-refractivity contribution in [3.05, 3.63) is 69.4 Å². The second-order valence-electron chi connectivity index (χ2n) is 9.34. The fraction of sp³-hybridized carbons (Fsp3) is 0.423. The Bertz CT molecular complexity index is 1140. The molecule has 5 heteroatoms. The van der Waals surface area contributed by atoms with Crippen LogP contribution in [0.5, 0.6) is 0 Å². The molecular formula is C26H31N3OS. The average Bonchev–Trinajstić information content (AvgIpc) is 3.32. The van der Waals surface area contributed by atoms with Crippen LogP contribution in [0, 0.1) is 19.8 Å². The molecule has 2 aliphatic rings. The third-order valence-corrected chi connectivity index (χ3v) is 8.21. The van der Waals surface area contributed by atoms with Gasteiger partial charge in [0, 0.05) is 28.0 Å². The summed E-state index contributed by atoms with van der Waals surface area (Å²) in [5.41, 5.74) is 7.36. The number of carbonyl (C=O) groups excluding carboxylic acids is 1. The third-order valence-electron chi connectivity index (χ3n) is 6.88. The van der Waals surface area contributed by atoms with Gasteiger partial charge >= 0.3 is 6.03 Å². The van der Waals surface area contributed by atoms with Gasteiger partial charge in [-0.25, -0.2) is 4.79 Å². The van der Waals surface area contributed by atoms with Crippen molar-refractivity contribution in [1.29, 1.82) is 0 Å². The molecule has 0 spiro atoms. The van der Waals surface area contributed by atoms with E-state index in [9.17, 15) is 4.79 Å². The Hall–Kier alpha value is -2.53. The lowest BCUT2D eigenvalue weighted by Crippen LogP contribution is -2.39. The first kappa shape index (κ1) is 20.4. The predicted octanol–water partition coefficient (Wildman–Crippen LogP) is 6.78. The molecule has 1 aliphatic carbocycles. The summed E-state index contributed by atoms with van der Waals surface area (Å²) in [6, 6.07) is 10.5. The molecule has 2 amide bonds. The van der Waals surface area contributed by atoms with E-state index in [1.54, 1.807) is 0 Å². The quantitative estimate of drug-likeness (QED) is 0.475. The number of nitrogens with one attached hydrogen (secondary N) is 1. The van der Waals surface area contributed by atoms with Crippen LogP contribution < -0.4 is 5.32 Å². The van der Waals surface area contributed by atoms with Crippen LogP contribution in [0.2, 0.25) is 0 Å². The fourth-order valence-electron chi connectivity index (χ4n) is 5.14. The van der Waals surface area contributed by atoms with Crippen molar-refractivity contribution in [3.63, 3.8) is 0 Å². The zero-order valence-corrected chi connectivity index (χ0v) is 19.7. The Morgan fingerprint density at radius 3 is 2.68 bits per heavy atom. The number of carbonyl (C=O) groups is 1. The van der Waals surface area contributed by atoms with Crippen LogP contribution in [-0.2, 0) is 19.4 Å². The Kier molecular flexibility index (Phi) is 5.17. The number of rotatable bonds is 2. The van der Waals surface area contributed by atoms with Gasteiger partial charge in [0.15, 0.2) is 0 Å². The molecular weight excluding hydrogens is 402 g/mol. The molecule has 0 radical (unpaired) electrons. The topological polar surface area (TPSA) is 37.3 Å². The number of aromatic nitrogens is 1. The number of amides is 2. The number of nitrogens with zero attached hydrogens (tertiary/aromatic N) is 2. The molecule has 0 unspecified atom stereocenters. The average molecular weight is 434 g/mol. The van der Waals surface area contributed by atoms with Gasteiger partial charge in [-0.2, -0.15) is 0 Å². The molecule has 1 aromatic carbocycles. The molecule has 5 rings (SSSR count). The van der Waals surface area contributed by atoms with Crippen molar-refractivity contribution in [2.24, 2.45) is 5.92 Å². The van der Waals surface area contributed by atoms with Crippen molar-refractivity contribution in [1.82, 2.24) is 9.47 Å². The van der Waals surface area contributed by atoms with Crippen LogP contribution in [-0.4, -0.2) is 15.5 Å². The van der Waals surface area contributed by atoms with Crippen LogP contribution >= 0.6 is 11.3 Å². The van der Waals surface area contributed by atoms with Gasteiger partial charge in [0.2, 0.25) is 0 Å². The first-order chi connectivity index (χ1) is 14.9. The first-order valence-corrected chi connectivity index (χ1v) is 12.2. The highest BCUT2D eigenvalue weighted by Crippen LogP contribution is 2.44. The zero-order chi connectivity index (χ0) is 21.7. The lowest BCUT2D eigenvalue weighted by atomic mass is 9.94. The Morgan fingerprint density at radius 1 is 1.10 bits per heavy atom. The summed E-state index contributed by atoms with van der Waals surface area (Å²) in [4.78, 5) is 17.3. The minimum absolute atomic E-state index is 0.0155. The number of hydrogen-bond acceptors (Lipinski definition) is 2. The number of benzene rings is 1. The summed E-state index contributed by atoms with van der Waals surface area (Å²) in [5.74, 6) is 0.309. The molecule has 3 aromatic rings. The summed E-state index contributed by atoms with van der Waals surface area (Å²) in [5, 5.41) is 4.52. The second-order valence-corrected chi connectivity index (χ2v) is 10.4. The number of thiophene rings is 1. The van der Waals surface area contributed by atoms with E-state index in [1.165, 1.54) is 57.1 Å². The monoisotopic (exact) mass is 433 g/mol. The van der Waals surface area contributed by atoms with Gasteiger partial charge in [0.05, 0.1) is 12.6 Å². The van der Waals surface area contributed by atoms with Crippen molar-refractivity contribution >= 4 is 23.1 Å². The maximum Gasteiger partial charge on any atom is 0.322 e. The number of hydrogen-bond donors (Lipinski definition) is 1. The van der Waals surface area contributed by atoms with E-state index in [0.717, 1.165) is 12.1 Å². The Labute approximate surface area is 188 Å². The van der Waals surface area contributed by atoms with Gasteiger partial charge < -0.3 is 14.8 Å². The lowest BCUT2D eigenvalue weighted by Gasteiger charge is -2.33. The molecule has 162 valence electrons. The van der Waals surface area contributed by atoms with E-state index < -0.39 is 0 Å². The highest BCUT2D eigenvalue weighted by atomic mass is 32.1. The molecule has 31 heavy (non-hydrogen) atoms. The molecule has 0 fully saturated rings. The van der Waals surface area contributed by atoms with E-state index >= 15 is 0 Å². The highest BCUT2D eigenvalue weighted by molar-refractivity contribution is 7.15. The number of fused-ring (bicyclic) bond motifs is 5. The second kappa shape index (κ2) is 7.86. The van der Waals surface area contributed by atoms with Gasteiger partial charge in [-0.3, -0.25) is 0 Å². The largest absolute Gasteiger partial charge is 0.322 e. The minimum atomic E-state index is -0.0155. The lowest BCUT2D eigenvalue weighted by molar-refractivity contribution is 0.161. The Balaban J connectivity index is 1.58. The molecule has 0 saturated heterocycles. The van der Waals surface area contributed by atoms with Crippen molar-refractivity contribution in [2.45, 2.75) is 66.0 Å². The predicted molar refractivity (Wildman–Crippen MR) is 128 cm³/mol. The Morgan fingerprint density at radius 2 is 1.90 bits per heavy atom. The van der Waals surface area contributed by atoms with E-state index in [2.05, 4.69) is 72.9 Å². The van der Waals surface area contributed by atoms with Crippen molar-refractivity contribution < 1.29 is 4.79 Å². The standard InChI is InChI=1S/C26H31N3OS/c1-16(2)24-22-9-7-13-28(22)25-21(20-8-5-6-10-23(20)31-25)15-29(24)26(30)27-19-12-11-17(3)18(4)14-19/h7,9,11-14,16,24H,5-6,8,10,15H2,1-4H3,(H,27,30)/t24-/m0/s1. The normalized spacial score (nSPS) is 17.7. The molecule has 0 saturated carbocycles. The smallest absolute Gasteiger partial charge is 0.311 e. The van der Waals surface area contributed by atoms with Gasteiger partial charge in [0.25, 0.3) is 0 Å². The van der Waals surface area contributed by atoms with Gasteiger partial charge in [0.1, 0.15) is 5.00 Å². The summed E-state index contributed by atoms with van der Waals surface area (Å²) in [6.07, 6.45) is 7.01. The van der Waals surface area contributed by atoms with Crippen LogP contribution in [0.3, 0.4) is 0 Å². The molecule has 1 atom stereocenters. The third kappa shape index (κ3) is 3.49. The van der Waals surface area contributed by atoms with E-state index in [1.807, 2.05) is 17.4 Å². The van der Waals surface area contributed by atoms with Gasteiger partial charge in [-0.05, 0) is 86.4 Å². The fourth-order valence-corrected chi connectivity index (χ4v) is 6.54.